The van der Waals surface area contributed by atoms with Crippen LogP contribution in [0.2, 0.25) is 0 Å². The second-order valence-corrected chi connectivity index (χ2v) is 6.86. The van der Waals surface area contributed by atoms with Crippen molar-refractivity contribution >= 4 is 0 Å². The van der Waals surface area contributed by atoms with Crippen molar-refractivity contribution in [3.05, 3.63) is 0 Å². The Bertz CT molecular complexity index is 258. The Kier molecular flexibility index (Phi) is 5.70. The molecule has 2 aliphatic rings. The highest BCUT2D eigenvalue weighted by Crippen LogP contribution is 2.42. The molecule has 0 spiro atoms. The van der Waals surface area contributed by atoms with Crippen molar-refractivity contribution in [1.29, 1.82) is 0 Å². The van der Waals surface area contributed by atoms with Gasteiger partial charge in [-0.3, -0.25) is 0 Å². The lowest BCUT2D eigenvalue weighted by atomic mass is 9.68. The van der Waals surface area contributed by atoms with E-state index in [2.05, 4.69) is 26.2 Å². The van der Waals surface area contributed by atoms with Gasteiger partial charge in [-0.15, -0.1) is 0 Å². The molecular formula is C17H33NO. The van der Waals surface area contributed by atoms with E-state index in [1.807, 2.05) is 0 Å². The molecule has 112 valence electrons. The van der Waals surface area contributed by atoms with Gasteiger partial charge in [-0.1, -0.05) is 39.0 Å². The van der Waals surface area contributed by atoms with Crippen LogP contribution in [0.1, 0.15) is 71.6 Å². The molecule has 0 aromatic carbocycles. The van der Waals surface area contributed by atoms with Crippen molar-refractivity contribution < 1.29 is 4.74 Å². The summed E-state index contributed by atoms with van der Waals surface area (Å²) >= 11 is 0. The van der Waals surface area contributed by atoms with Gasteiger partial charge in [-0.2, -0.15) is 0 Å². The minimum absolute atomic E-state index is 0.114. The number of rotatable bonds is 5. The molecule has 3 unspecified atom stereocenters. The Morgan fingerprint density at radius 3 is 2.47 bits per heavy atom. The van der Waals surface area contributed by atoms with Crippen molar-refractivity contribution in [3.63, 3.8) is 0 Å². The van der Waals surface area contributed by atoms with Gasteiger partial charge in [0.1, 0.15) is 0 Å². The van der Waals surface area contributed by atoms with E-state index in [-0.39, 0.29) is 5.60 Å². The fourth-order valence-corrected chi connectivity index (χ4v) is 4.73. The van der Waals surface area contributed by atoms with E-state index in [4.69, 9.17) is 4.74 Å². The Labute approximate surface area is 119 Å². The number of ether oxygens (including phenoxy) is 1. The second-order valence-electron chi connectivity index (χ2n) is 6.86. The first-order valence-electron chi connectivity index (χ1n) is 8.53. The van der Waals surface area contributed by atoms with Crippen LogP contribution >= 0.6 is 0 Å². The smallest absolute Gasteiger partial charge is 0.0839 e. The summed E-state index contributed by atoms with van der Waals surface area (Å²) in [6, 6.07) is 0.565. The van der Waals surface area contributed by atoms with Crippen LogP contribution in [0.5, 0.6) is 0 Å². The zero-order valence-electron chi connectivity index (χ0n) is 13.2. The summed E-state index contributed by atoms with van der Waals surface area (Å²) in [6.45, 7) is 5.42. The van der Waals surface area contributed by atoms with Crippen molar-refractivity contribution in [1.82, 2.24) is 5.32 Å². The third-order valence-electron chi connectivity index (χ3n) is 5.42. The Morgan fingerprint density at radius 2 is 1.89 bits per heavy atom. The first kappa shape index (κ1) is 15.3. The Balaban J connectivity index is 2.13. The van der Waals surface area contributed by atoms with Gasteiger partial charge >= 0.3 is 0 Å². The molecule has 0 aromatic rings. The molecule has 0 amide bonds. The summed E-state index contributed by atoms with van der Waals surface area (Å²) in [6.07, 6.45) is 12.3. The largest absolute Gasteiger partial charge is 0.374 e. The molecule has 0 heterocycles. The fourth-order valence-electron chi connectivity index (χ4n) is 4.73. The highest BCUT2D eigenvalue weighted by molar-refractivity contribution is 5.00. The molecule has 2 heteroatoms. The van der Waals surface area contributed by atoms with E-state index in [1.54, 1.807) is 0 Å². The Hall–Kier alpha value is -0.0800. The highest BCUT2D eigenvalue weighted by Gasteiger charge is 2.45. The molecule has 3 atom stereocenters. The third-order valence-corrected chi connectivity index (χ3v) is 5.42. The number of hydrogen-bond donors (Lipinski definition) is 1. The first-order chi connectivity index (χ1) is 9.22. The average molecular weight is 267 g/mol. The van der Waals surface area contributed by atoms with E-state index in [0.29, 0.717) is 6.04 Å². The molecule has 2 saturated carbocycles. The maximum absolute atomic E-state index is 6.38. The predicted molar refractivity (Wildman–Crippen MR) is 81.4 cm³/mol. The molecule has 0 bridgehead atoms. The van der Waals surface area contributed by atoms with Gasteiger partial charge in [0.05, 0.1) is 5.60 Å². The van der Waals surface area contributed by atoms with Crippen molar-refractivity contribution in [2.24, 2.45) is 11.8 Å². The van der Waals surface area contributed by atoms with Gasteiger partial charge in [0.25, 0.3) is 0 Å². The van der Waals surface area contributed by atoms with Crippen LogP contribution in [0.15, 0.2) is 0 Å². The third kappa shape index (κ3) is 3.52. The van der Waals surface area contributed by atoms with Crippen molar-refractivity contribution in [3.8, 4) is 0 Å². The quantitative estimate of drug-likeness (QED) is 0.808. The van der Waals surface area contributed by atoms with E-state index in [9.17, 15) is 0 Å². The number of hydrogen-bond acceptors (Lipinski definition) is 2. The standard InChI is InChI=1S/C17H33NO/c1-4-19-17(12-8-9-14(2)13-17)16(18-3)15-10-6-5-7-11-15/h14-16,18H,4-13H2,1-3H3. The maximum atomic E-state index is 6.38. The van der Waals surface area contributed by atoms with Crippen molar-refractivity contribution in [2.45, 2.75) is 83.3 Å². The summed E-state index contributed by atoms with van der Waals surface area (Å²) in [4.78, 5) is 0. The SMILES string of the molecule is CCOC1(C(NC)C2CCCCC2)CCCC(C)C1. The zero-order chi connectivity index (χ0) is 13.7. The molecule has 0 saturated heterocycles. The van der Waals surface area contributed by atoms with Gasteiger partial charge in [0, 0.05) is 12.6 Å². The van der Waals surface area contributed by atoms with Crippen LogP contribution in [0, 0.1) is 11.8 Å². The van der Waals surface area contributed by atoms with Gasteiger partial charge in [0.2, 0.25) is 0 Å². The summed E-state index contributed by atoms with van der Waals surface area (Å²) in [5.74, 6) is 1.65. The van der Waals surface area contributed by atoms with Gasteiger partial charge in [-0.05, 0) is 51.5 Å². The Morgan fingerprint density at radius 1 is 1.16 bits per heavy atom. The minimum Gasteiger partial charge on any atom is -0.374 e. The van der Waals surface area contributed by atoms with Crippen LogP contribution in [0.25, 0.3) is 0 Å². The fraction of sp³-hybridized carbons (Fsp3) is 1.00. The molecule has 2 rings (SSSR count). The second kappa shape index (κ2) is 7.08. The van der Waals surface area contributed by atoms with Crippen LogP contribution in [-0.2, 0) is 4.74 Å². The topological polar surface area (TPSA) is 21.3 Å². The molecule has 0 aliphatic heterocycles. The zero-order valence-corrected chi connectivity index (χ0v) is 13.2. The molecule has 2 fully saturated rings. The normalized spacial score (nSPS) is 35.2. The lowest BCUT2D eigenvalue weighted by Gasteiger charge is -2.48. The molecule has 0 aromatic heterocycles. The van der Waals surface area contributed by atoms with Crippen LogP contribution in [0.4, 0.5) is 0 Å². The number of nitrogens with one attached hydrogen (secondary N) is 1. The van der Waals surface area contributed by atoms with E-state index >= 15 is 0 Å². The van der Waals surface area contributed by atoms with Gasteiger partial charge in [-0.25, -0.2) is 0 Å². The molecule has 0 radical (unpaired) electrons. The van der Waals surface area contributed by atoms with Crippen LogP contribution in [-0.4, -0.2) is 25.3 Å². The molecule has 19 heavy (non-hydrogen) atoms. The van der Waals surface area contributed by atoms with Crippen LogP contribution in [0.3, 0.4) is 0 Å². The maximum Gasteiger partial charge on any atom is 0.0839 e. The molecule has 2 nitrogen and oxygen atoms in total. The predicted octanol–water partition coefficient (Wildman–Crippen LogP) is 4.14. The minimum atomic E-state index is 0.114. The highest BCUT2D eigenvalue weighted by atomic mass is 16.5. The summed E-state index contributed by atoms with van der Waals surface area (Å²) < 4.78 is 6.38. The van der Waals surface area contributed by atoms with Crippen molar-refractivity contribution in [2.75, 3.05) is 13.7 Å². The van der Waals surface area contributed by atoms with E-state index in [0.717, 1.165) is 18.4 Å². The molecule has 2 aliphatic carbocycles. The first-order valence-corrected chi connectivity index (χ1v) is 8.53. The lowest BCUT2D eigenvalue weighted by Crippen LogP contribution is -2.57. The van der Waals surface area contributed by atoms with Crippen LogP contribution < -0.4 is 5.32 Å². The van der Waals surface area contributed by atoms with Gasteiger partial charge < -0.3 is 10.1 Å². The number of likely N-dealkylation sites (N-methyl/N-ethyl adjacent to an activating group) is 1. The molecular weight excluding hydrogens is 234 g/mol. The monoisotopic (exact) mass is 267 g/mol. The van der Waals surface area contributed by atoms with E-state index in [1.165, 1.54) is 57.8 Å². The van der Waals surface area contributed by atoms with E-state index < -0.39 is 0 Å². The summed E-state index contributed by atoms with van der Waals surface area (Å²) in [5, 5.41) is 3.66. The molecule has 1 N–H and O–H groups in total. The van der Waals surface area contributed by atoms with Gasteiger partial charge in [0.15, 0.2) is 0 Å². The summed E-state index contributed by atoms with van der Waals surface area (Å²) in [7, 11) is 2.15. The lowest BCUT2D eigenvalue weighted by molar-refractivity contribution is -0.113. The summed E-state index contributed by atoms with van der Waals surface area (Å²) in [5.41, 5.74) is 0.114. The average Bonchev–Trinajstić information content (AvgIpc) is 2.41.